The molecule has 0 aliphatic heterocycles. The van der Waals surface area contributed by atoms with Gasteiger partial charge in [-0.1, -0.05) is 20.8 Å². The van der Waals surface area contributed by atoms with Crippen molar-refractivity contribution in [3.63, 3.8) is 0 Å². The van der Waals surface area contributed by atoms with Gasteiger partial charge in [-0.2, -0.15) is 0 Å². The molecule has 0 bridgehead atoms. The van der Waals surface area contributed by atoms with Crippen molar-refractivity contribution in [1.29, 1.82) is 0 Å². The lowest BCUT2D eigenvalue weighted by atomic mass is 10.2. The van der Waals surface area contributed by atoms with Gasteiger partial charge in [0.05, 0.1) is 22.5 Å². The van der Waals surface area contributed by atoms with E-state index in [0.29, 0.717) is 10.5 Å². The van der Waals surface area contributed by atoms with Crippen molar-refractivity contribution in [3.05, 3.63) is 33.9 Å². The van der Waals surface area contributed by atoms with Crippen molar-refractivity contribution in [2.75, 3.05) is 7.11 Å². The van der Waals surface area contributed by atoms with E-state index in [4.69, 9.17) is 0 Å². The molecule has 0 aliphatic carbocycles. The fourth-order valence-electron chi connectivity index (χ4n) is 1.32. The molecule has 6 heteroatoms. The van der Waals surface area contributed by atoms with Gasteiger partial charge < -0.3 is 4.74 Å². The van der Waals surface area contributed by atoms with Crippen LogP contribution in [0.3, 0.4) is 0 Å². The van der Waals surface area contributed by atoms with E-state index in [-0.39, 0.29) is 10.4 Å². The first-order chi connectivity index (χ1) is 8.24. The highest BCUT2D eigenvalue weighted by Gasteiger charge is 2.22. The summed E-state index contributed by atoms with van der Waals surface area (Å²) in [6.45, 7) is 5.85. The Balaban J connectivity index is 3.24. The number of ether oxygens (including phenoxy) is 1. The van der Waals surface area contributed by atoms with E-state index in [1.165, 1.54) is 37.1 Å². The molecule has 1 aromatic rings. The molecule has 0 heterocycles. The lowest BCUT2D eigenvalue weighted by Crippen LogP contribution is -2.09. The summed E-state index contributed by atoms with van der Waals surface area (Å²) in [5.41, 5.74) is 0.317. The van der Waals surface area contributed by atoms with Crippen molar-refractivity contribution >= 4 is 23.4 Å². The van der Waals surface area contributed by atoms with E-state index in [1.54, 1.807) is 0 Å². The predicted octanol–water partition coefficient (Wildman–Crippen LogP) is 3.27. The minimum atomic E-state index is -0.499. The number of methoxy groups -OCH3 is 1. The number of rotatable bonds is 3. The SMILES string of the molecule is COC(=O)c1ccc([N+](=O)[O-])c(SC(C)(C)C)c1. The molecule has 0 aromatic heterocycles. The monoisotopic (exact) mass is 269 g/mol. The maximum atomic E-state index is 11.4. The first kappa shape index (κ1) is 14.5. The summed E-state index contributed by atoms with van der Waals surface area (Å²) < 4.78 is 4.42. The highest BCUT2D eigenvalue weighted by Crippen LogP contribution is 2.38. The van der Waals surface area contributed by atoms with Crippen LogP contribution in [0.15, 0.2) is 23.1 Å². The van der Waals surface area contributed by atoms with Crippen molar-refractivity contribution in [3.8, 4) is 0 Å². The third-order valence-corrected chi connectivity index (χ3v) is 3.15. The summed E-state index contributed by atoms with van der Waals surface area (Å²) in [5, 5.41) is 10.9. The molecule has 0 atom stereocenters. The minimum Gasteiger partial charge on any atom is -0.465 e. The Morgan fingerprint density at radius 3 is 2.44 bits per heavy atom. The van der Waals surface area contributed by atoms with Crippen molar-refractivity contribution < 1.29 is 14.5 Å². The van der Waals surface area contributed by atoms with Crippen LogP contribution in [0.1, 0.15) is 31.1 Å². The van der Waals surface area contributed by atoms with Crippen LogP contribution in [-0.4, -0.2) is 22.7 Å². The summed E-state index contributed by atoms with van der Waals surface area (Å²) >= 11 is 1.35. The van der Waals surface area contributed by atoms with Crippen molar-refractivity contribution in [1.82, 2.24) is 0 Å². The molecule has 98 valence electrons. The lowest BCUT2D eigenvalue weighted by Gasteiger charge is -2.17. The Labute approximate surface area is 110 Å². The first-order valence-electron chi connectivity index (χ1n) is 5.30. The van der Waals surface area contributed by atoms with Gasteiger partial charge in [0, 0.05) is 10.8 Å². The number of hydrogen-bond acceptors (Lipinski definition) is 5. The van der Waals surface area contributed by atoms with Gasteiger partial charge in [0.2, 0.25) is 0 Å². The predicted molar refractivity (Wildman–Crippen MR) is 70.0 cm³/mol. The fraction of sp³-hybridized carbons (Fsp3) is 0.417. The number of nitro groups is 1. The number of carbonyl (C=O) groups is 1. The van der Waals surface area contributed by atoms with Gasteiger partial charge in [0.25, 0.3) is 5.69 Å². The van der Waals surface area contributed by atoms with Gasteiger partial charge in [0.1, 0.15) is 0 Å². The van der Waals surface area contributed by atoms with Gasteiger partial charge in [-0.25, -0.2) is 4.79 Å². The van der Waals surface area contributed by atoms with Gasteiger partial charge in [-0.15, -0.1) is 11.8 Å². The number of nitro benzene ring substituents is 1. The maximum absolute atomic E-state index is 11.4. The largest absolute Gasteiger partial charge is 0.465 e. The molecule has 5 nitrogen and oxygen atoms in total. The zero-order valence-corrected chi connectivity index (χ0v) is 11.5. The van der Waals surface area contributed by atoms with Gasteiger partial charge >= 0.3 is 5.97 Å². The normalized spacial score (nSPS) is 11.1. The van der Waals surface area contributed by atoms with E-state index in [0.717, 1.165) is 0 Å². The maximum Gasteiger partial charge on any atom is 0.337 e. The third-order valence-electron chi connectivity index (χ3n) is 1.99. The quantitative estimate of drug-likeness (QED) is 0.364. The number of nitrogens with zero attached hydrogens (tertiary/aromatic N) is 1. The van der Waals surface area contributed by atoms with Gasteiger partial charge in [-0.3, -0.25) is 10.1 Å². The van der Waals surface area contributed by atoms with Crippen LogP contribution in [0.4, 0.5) is 5.69 Å². The summed E-state index contributed by atoms with van der Waals surface area (Å²) in [6, 6.07) is 4.23. The molecule has 0 saturated carbocycles. The second-order valence-electron chi connectivity index (χ2n) is 4.65. The molecular formula is C12H15NO4S. The summed E-state index contributed by atoms with van der Waals surface area (Å²) in [6.07, 6.45) is 0. The van der Waals surface area contributed by atoms with E-state index in [1.807, 2.05) is 20.8 Å². The first-order valence-corrected chi connectivity index (χ1v) is 6.12. The number of thioether (sulfide) groups is 1. The molecule has 0 aliphatic rings. The van der Waals surface area contributed by atoms with Crippen LogP contribution >= 0.6 is 11.8 Å². The molecule has 0 radical (unpaired) electrons. The molecule has 0 fully saturated rings. The topological polar surface area (TPSA) is 69.4 Å². The standard InChI is InChI=1S/C12H15NO4S/c1-12(2,3)18-10-7-8(11(14)17-4)5-6-9(10)13(15)16/h5-7H,1-4H3. The average molecular weight is 269 g/mol. The van der Waals surface area contributed by atoms with E-state index >= 15 is 0 Å². The number of benzene rings is 1. The number of esters is 1. The second kappa shape index (κ2) is 5.39. The smallest absolute Gasteiger partial charge is 0.337 e. The molecule has 0 N–H and O–H groups in total. The van der Waals surface area contributed by atoms with E-state index in [9.17, 15) is 14.9 Å². The Hall–Kier alpha value is -1.56. The van der Waals surface area contributed by atoms with Crippen LogP contribution in [0.5, 0.6) is 0 Å². The molecule has 1 aromatic carbocycles. The highest BCUT2D eigenvalue weighted by atomic mass is 32.2. The minimum absolute atomic E-state index is 0.00239. The Bertz CT molecular complexity index is 479. The van der Waals surface area contributed by atoms with Gasteiger partial charge in [-0.05, 0) is 12.1 Å². The molecule has 0 amide bonds. The Kier molecular flexibility index (Phi) is 4.34. The van der Waals surface area contributed by atoms with Crippen LogP contribution in [0, 0.1) is 10.1 Å². The zero-order chi connectivity index (χ0) is 13.9. The zero-order valence-electron chi connectivity index (χ0n) is 10.7. The number of carbonyl (C=O) groups excluding carboxylic acids is 1. The van der Waals surface area contributed by atoms with Crippen molar-refractivity contribution in [2.45, 2.75) is 30.4 Å². The molecule has 18 heavy (non-hydrogen) atoms. The van der Waals surface area contributed by atoms with Crippen LogP contribution < -0.4 is 0 Å². The Morgan fingerprint density at radius 1 is 1.39 bits per heavy atom. The summed E-state index contributed by atoms with van der Waals surface area (Å²) in [7, 11) is 1.28. The third kappa shape index (κ3) is 3.73. The van der Waals surface area contributed by atoms with Gasteiger partial charge in [0.15, 0.2) is 0 Å². The Morgan fingerprint density at radius 2 is 2.00 bits per heavy atom. The van der Waals surface area contributed by atoms with Crippen LogP contribution in [0.2, 0.25) is 0 Å². The fourth-order valence-corrected chi connectivity index (χ4v) is 2.41. The molecular weight excluding hydrogens is 254 g/mol. The molecule has 0 spiro atoms. The molecule has 0 unspecified atom stereocenters. The van der Waals surface area contributed by atoms with Crippen molar-refractivity contribution in [2.24, 2.45) is 0 Å². The highest BCUT2D eigenvalue weighted by molar-refractivity contribution is 8.00. The second-order valence-corrected chi connectivity index (χ2v) is 6.51. The summed E-state index contributed by atoms with van der Waals surface area (Å²) in [5.74, 6) is -0.499. The lowest BCUT2D eigenvalue weighted by molar-refractivity contribution is -0.387. The average Bonchev–Trinajstić information content (AvgIpc) is 2.25. The molecule has 1 rings (SSSR count). The van der Waals surface area contributed by atoms with Crippen LogP contribution in [-0.2, 0) is 4.74 Å². The van der Waals surface area contributed by atoms with E-state index < -0.39 is 10.9 Å². The summed E-state index contributed by atoms with van der Waals surface area (Å²) in [4.78, 5) is 22.4. The van der Waals surface area contributed by atoms with Crippen LogP contribution in [0.25, 0.3) is 0 Å². The number of hydrogen-bond donors (Lipinski definition) is 0. The van der Waals surface area contributed by atoms with E-state index in [2.05, 4.69) is 4.74 Å². The molecule has 0 saturated heterocycles.